The quantitative estimate of drug-likeness (QED) is 0.410. The van der Waals surface area contributed by atoms with Crippen molar-refractivity contribution in [2.75, 3.05) is 27.7 Å². The van der Waals surface area contributed by atoms with Crippen LogP contribution in [0.25, 0.3) is 0 Å². The molecule has 0 heterocycles. The minimum Gasteiger partial charge on any atom is -0.468 e. The Hall–Kier alpha value is -1.10. The Morgan fingerprint density at radius 3 is 2.00 bits per heavy atom. The maximum Gasteiger partial charge on any atom is 0.319 e. The lowest BCUT2D eigenvalue weighted by atomic mass is 10.7. The smallest absolute Gasteiger partial charge is 0.319 e. The van der Waals surface area contributed by atoms with Gasteiger partial charge in [0, 0.05) is 14.1 Å². The third-order valence-electron chi connectivity index (χ3n) is 0.605. The van der Waals surface area contributed by atoms with E-state index in [-0.39, 0.29) is 12.5 Å². The third kappa shape index (κ3) is 17.6. The topological polar surface area (TPSA) is 72.6 Å². The van der Waals surface area contributed by atoms with Gasteiger partial charge in [0.1, 0.15) is 0 Å². The first-order chi connectivity index (χ1) is 5.08. The van der Waals surface area contributed by atoms with Gasteiger partial charge in [0.25, 0.3) is 0 Å². The van der Waals surface area contributed by atoms with E-state index in [9.17, 15) is 9.59 Å². The summed E-state index contributed by atoms with van der Waals surface area (Å²) in [4.78, 5) is 20.7. The predicted molar refractivity (Wildman–Crippen MR) is 40.8 cm³/mol. The second kappa shape index (κ2) is 8.90. The zero-order valence-corrected chi connectivity index (χ0v) is 7.03. The number of nitrogens with two attached hydrogens (primary N) is 1. The molecule has 66 valence electrons. The van der Waals surface area contributed by atoms with Crippen LogP contribution in [0.3, 0.4) is 0 Å². The van der Waals surface area contributed by atoms with Crippen LogP contribution < -0.4 is 5.73 Å². The summed E-state index contributed by atoms with van der Waals surface area (Å²) in [7, 11) is 4.68. The van der Waals surface area contributed by atoms with E-state index in [1.54, 1.807) is 14.1 Å². The summed E-state index contributed by atoms with van der Waals surface area (Å²) >= 11 is 0. The molecule has 0 rings (SSSR count). The fourth-order valence-corrected chi connectivity index (χ4v) is 0.0833. The minimum absolute atomic E-state index is 0.0312. The number of rotatable bonds is 2. The fraction of sp³-hybridized carbons (Fsp3) is 0.667. The predicted octanol–water partition coefficient (Wildman–Crippen LogP) is -1.18. The summed E-state index contributed by atoms with van der Waals surface area (Å²) in [5, 5.41) is 0. The third-order valence-corrected chi connectivity index (χ3v) is 0.605. The molecule has 0 bridgehead atoms. The van der Waals surface area contributed by atoms with Crippen molar-refractivity contribution in [1.29, 1.82) is 0 Å². The average Bonchev–Trinajstić information content (AvgIpc) is 2.04. The molecule has 0 saturated heterocycles. The van der Waals surface area contributed by atoms with E-state index in [1.165, 1.54) is 12.0 Å². The van der Waals surface area contributed by atoms with Crippen LogP contribution >= 0.6 is 0 Å². The molecule has 0 aromatic rings. The SMILES string of the molecule is CN(C)C=O.COC(=O)CN. The average molecular weight is 162 g/mol. The molecule has 0 aromatic carbocycles. The maximum atomic E-state index is 9.83. The van der Waals surface area contributed by atoms with Gasteiger partial charge in [-0.3, -0.25) is 9.59 Å². The van der Waals surface area contributed by atoms with Crippen molar-refractivity contribution in [2.45, 2.75) is 0 Å². The highest BCUT2D eigenvalue weighted by Crippen LogP contribution is 1.61. The monoisotopic (exact) mass is 162 g/mol. The van der Waals surface area contributed by atoms with Crippen molar-refractivity contribution < 1.29 is 14.3 Å². The molecule has 5 heteroatoms. The Morgan fingerprint density at radius 2 is 2.00 bits per heavy atom. The lowest BCUT2D eigenvalue weighted by Gasteiger charge is -1.93. The van der Waals surface area contributed by atoms with Crippen LogP contribution in [0.5, 0.6) is 0 Å². The van der Waals surface area contributed by atoms with E-state index >= 15 is 0 Å². The van der Waals surface area contributed by atoms with Gasteiger partial charge >= 0.3 is 5.97 Å². The van der Waals surface area contributed by atoms with Gasteiger partial charge in [-0.2, -0.15) is 0 Å². The number of nitrogens with zero attached hydrogens (tertiary/aromatic N) is 1. The summed E-state index contributed by atoms with van der Waals surface area (Å²) in [6.07, 6.45) is 0.750. The van der Waals surface area contributed by atoms with E-state index < -0.39 is 0 Å². The molecule has 0 fully saturated rings. The summed E-state index contributed by atoms with van der Waals surface area (Å²) in [5.41, 5.74) is 4.81. The first-order valence-electron chi connectivity index (χ1n) is 2.97. The Bertz CT molecular complexity index is 108. The molecule has 0 aliphatic heterocycles. The van der Waals surface area contributed by atoms with Crippen LogP contribution in [0.15, 0.2) is 0 Å². The molecule has 0 aliphatic rings. The number of carbonyl (C=O) groups is 2. The standard InChI is InChI=1S/C3H7NO2.C3H7NO/c1-6-3(5)2-4;1-4(2)3-5/h2,4H2,1H3;3H,1-2H3. The molecule has 0 saturated carbocycles. The second-order valence-corrected chi connectivity index (χ2v) is 1.85. The zero-order chi connectivity index (χ0) is 9.28. The molecule has 5 nitrogen and oxygen atoms in total. The second-order valence-electron chi connectivity index (χ2n) is 1.85. The minimum atomic E-state index is -0.380. The lowest BCUT2D eigenvalue weighted by Crippen LogP contribution is -2.14. The number of hydrogen-bond donors (Lipinski definition) is 1. The van der Waals surface area contributed by atoms with Gasteiger partial charge in [-0.25, -0.2) is 0 Å². The van der Waals surface area contributed by atoms with Crippen LogP contribution in [0, 0.1) is 0 Å². The van der Waals surface area contributed by atoms with E-state index in [4.69, 9.17) is 5.73 Å². The van der Waals surface area contributed by atoms with E-state index in [0.717, 1.165) is 6.41 Å². The van der Waals surface area contributed by atoms with Crippen LogP contribution in [0.2, 0.25) is 0 Å². The Labute approximate surface area is 66.1 Å². The summed E-state index contributed by atoms with van der Waals surface area (Å²) < 4.78 is 4.14. The van der Waals surface area contributed by atoms with Crippen molar-refractivity contribution in [3.8, 4) is 0 Å². The molecule has 0 spiro atoms. The van der Waals surface area contributed by atoms with Gasteiger partial charge in [-0.05, 0) is 0 Å². The fourth-order valence-electron chi connectivity index (χ4n) is 0.0833. The highest BCUT2D eigenvalue weighted by atomic mass is 16.5. The highest BCUT2D eigenvalue weighted by molar-refractivity contribution is 5.70. The van der Waals surface area contributed by atoms with Crippen molar-refractivity contribution in [2.24, 2.45) is 5.73 Å². The van der Waals surface area contributed by atoms with Crippen LogP contribution in [-0.2, 0) is 14.3 Å². The number of esters is 1. The van der Waals surface area contributed by atoms with Crippen LogP contribution in [-0.4, -0.2) is 45.0 Å². The van der Waals surface area contributed by atoms with Crippen LogP contribution in [0.1, 0.15) is 0 Å². The van der Waals surface area contributed by atoms with Crippen molar-refractivity contribution in [3.63, 3.8) is 0 Å². The van der Waals surface area contributed by atoms with Gasteiger partial charge in [0.15, 0.2) is 0 Å². The maximum absolute atomic E-state index is 9.83. The molecule has 0 aromatic heterocycles. The first kappa shape index (κ1) is 12.6. The molecule has 0 radical (unpaired) electrons. The summed E-state index contributed by atoms with van der Waals surface area (Å²) in [5.74, 6) is -0.380. The molecule has 11 heavy (non-hydrogen) atoms. The molecular weight excluding hydrogens is 148 g/mol. The number of carbonyl (C=O) groups excluding carboxylic acids is 2. The van der Waals surface area contributed by atoms with Gasteiger partial charge in [0.2, 0.25) is 6.41 Å². The van der Waals surface area contributed by atoms with Crippen molar-refractivity contribution >= 4 is 12.4 Å². The largest absolute Gasteiger partial charge is 0.468 e. The van der Waals surface area contributed by atoms with E-state index in [0.29, 0.717) is 0 Å². The number of methoxy groups -OCH3 is 1. The van der Waals surface area contributed by atoms with Gasteiger partial charge in [0.05, 0.1) is 13.7 Å². The Kier molecular flexibility index (Phi) is 10.2. The summed E-state index contributed by atoms with van der Waals surface area (Å²) in [6.45, 7) is -0.0312. The number of amides is 1. The van der Waals surface area contributed by atoms with Gasteiger partial charge < -0.3 is 15.4 Å². The van der Waals surface area contributed by atoms with Crippen LogP contribution in [0.4, 0.5) is 0 Å². The van der Waals surface area contributed by atoms with Gasteiger partial charge in [-0.15, -0.1) is 0 Å². The normalized spacial score (nSPS) is 7.27. The van der Waals surface area contributed by atoms with Crippen molar-refractivity contribution in [1.82, 2.24) is 4.90 Å². The Morgan fingerprint density at radius 1 is 1.64 bits per heavy atom. The molecule has 0 aliphatic carbocycles. The van der Waals surface area contributed by atoms with E-state index in [1.807, 2.05) is 0 Å². The molecular formula is C6H14N2O3. The van der Waals surface area contributed by atoms with Crippen molar-refractivity contribution in [3.05, 3.63) is 0 Å². The molecule has 0 atom stereocenters. The summed E-state index contributed by atoms with van der Waals surface area (Å²) in [6, 6.07) is 0. The Balaban J connectivity index is 0. The zero-order valence-electron chi connectivity index (χ0n) is 7.03. The highest BCUT2D eigenvalue weighted by Gasteiger charge is 1.87. The molecule has 2 N–H and O–H groups in total. The first-order valence-corrected chi connectivity index (χ1v) is 2.97. The molecule has 0 unspecified atom stereocenters. The lowest BCUT2D eigenvalue weighted by molar-refractivity contribution is -0.138. The number of ether oxygens (including phenoxy) is 1. The van der Waals surface area contributed by atoms with Gasteiger partial charge in [-0.1, -0.05) is 0 Å². The molecule has 1 amide bonds. The number of hydrogen-bond acceptors (Lipinski definition) is 4. The van der Waals surface area contributed by atoms with E-state index in [2.05, 4.69) is 4.74 Å².